The number of nitrogens with one attached hydrogen (secondary N) is 2. The fourth-order valence-electron chi connectivity index (χ4n) is 3.56. The van der Waals surface area contributed by atoms with Gasteiger partial charge in [0, 0.05) is 22.7 Å². The van der Waals surface area contributed by atoms with Crippen LogP contribution in [-0.2, 0) is 16.0 Å². The van der Waals surface area contributed by atoms with Gasteiger partial charge in [-0.3, -0.25) is 14.4 Å². The molecule has 2 aromatic carbocycles. The van der Waals surface area contributed by atoms with Crippen LogP contribution in [0.15, 0.2) is 47.8 Å². The van der Waals surface area contributed by atoms with Crippen molar-refractivity contribution in [3.63, 3.8) is 0 Å². The minimum atomic E-state index is -0.298. The molecule has 4 rings (SSSR count). The Balaban J connectivity index is 1.32. The highest BCUT2D eigenvalue weighted by molar-refractivity contribution is 7.13. The third-order valence-electron chi connectivity index (χ3n) is 5.79. The number of nitrogens with zero attached hydrogens (tertiary/aromatic N) is 2. The van der Waals surface area contributed by atoms with Crippen LogP contribution in [0.3, 0.4) is 0 Å². The number of benzene rings is 2. The summed E-state index contributed by atoms with van der Waals surface area (Å²) >= 11 is 1.26. The fourth-order valence-corrected chi connectivity index (χ4v) is 4.29. The maximum atomic E-state index is 12.9. The van der Waals surface area contributed by atoms with Crippen LogP contribution < -0.4 is 10.6 Å². The molecule has 1 aromatic heterocycles. The van der Waals surface area contributed by atoms with E-state index in [0.717, 1.165) is 29.7 Å². The molecule has 1 aliphatic rings. The highest BCUT2D eigenvalue weighted by Gasteiger charge is 2.34. The van der Waals surface area contributed by atoms with Crippen LogP contribution in [0.2, 0.25) is 0 Å². The van der Waals surface area contributed by atoms with Crippen molar-refractivity contribution in [3.05, 3.63) is 75.8 Å². The topological polar surface area (TPSA) is 91.4 Å². The van der Waals surface area contributed by atoms with Gasteiger partial charge in [-0.25, -0.2) is 4.98 Å². The van der Waals surface area contributed by atoms with Crippen molar-refractivity contribution < 1.29 is 14.4 Å². The number of carbonyl (C=O) groups is 3. The summed E-state index contributed by atoms with van der Waals surface area (Å²) in [5.74, 6) is -0.608. The Bertz CT molecular complexity index is 1220. The van der Waals surface area contributed by atoms with Gasteiger partial charge in [-0.05, 0) is 69.0 Å². The van der Waals surface area contributed by atoms with Gasteiger partial charge in [0.05, 0.1) is 12.1 Å². The third-order valence-corrected chi connectivity index (χ3v) is 6.60. The molecule has 176 valence electrons. The van der Waals surface area contributed by atoms with Gasteiger partial charge in [-0.2, -0.15) is 0 Å². The predicted octanol–water partition coefficient (Wildman–Crippen LogP) is 4.49. The van der Waals surface area contributed by atoms with E-state index in [1.807, 2.05) is 51.1 Å². The first-order valence-corrected chi connectivity index (χ1v) is 12.2. The van der Waals surface area contributed by atoms with Gasteiger partial charge in [0.25, 0.3) is 5.91 Å². The van der Waals surface area contributed by atoms with Gasteiger partial charge in [-0.1, -0.05) is 23.8 Å². The number of rotatable bonds is 8. The lowest BCUT2D eigenvalue weighted by Crippen LogP contribution is -2.39. The quantitative estimate of drug-likeness (QED) is 0.501. The Morgan fingerprint density at radius 2 is 1.71 bits per heavy atom. The number of carbonyl (C=O) groups excluding carboxylic acids is 3. The maximum Gasteiger partial charge on any atom is 0.254 e. The second-order valence-corrected chi connectivity index (χ2v) is 9.60. The average Bonchev–Trinajstić information content (AvgIpc) is 3.55. The summed E-state index contributed by atoms with van der Waals surface area (Å²) in [6.07, 6.45) is 1.92. The summed E-state index contributed by atoms with van der Waals surface area (Å²) in [5, 5.41) is 7.82. The molecule has 1 heterocycles. The van der Waals surface area contributed by atoms with E-state index in [9.17, 15) is 14.4 Å². The highest BCUT2D eigenvalue weighted by Crippen LogP contribution is 2.28. The van der Waals surface area contributed by atoms with Crippen LogP contribution in [0.5, 0.6) is 0 Å². The summed E-state index contributed by atoms with van der Waals surface area (Å²) in [6, 6.07) is 13.2. The molecule has 1 saturated carbocycles. The zero-order valence-electron chi connectivity index (χ0n) is 19.6. The minimum Gasteiger partial charge on any atom is -0.326 e. The number of hydrogen-bond donors (Lipinski definition) is 2. The van der Waals surface area contributed by atoms with Crippen LogP contribution in [0.1, 0.15) is 45.6 Å². The molecular formula is C26H28N4O3S. The smallest absolute Gasteiger partial charge is 0.254 e. The molecule has 34 heavy (non-hydrogen) atoms. The lowest BCUT2D eigenvalue weighted by Gasteiger charge is -2.21. The van der Waals surface area contributed by atoms with E-state index in [0.29, 0.717) is 16.4 Å². The van der Waals surface area contributed by atoms with Crippen LogP contribution in [0.4, 0.5) is 10.8 Å². The van der Waals surface area contributed by atoms with E-state index in [1.54, 1.807) is 22.4 Å². The first-order chi connectivity index (χ1) is 16.3. The SMILES string of the molecule is Cc1ccc(C(=O)N(CC(=O)Nc2nc(CC(=O)Nc3ccc(C)c(C)c3)cs2)C2CC2)cc1. The largest absolute Gasteiger partial charge is 0.326 e. The van der Waals surface area contributed by atoms with Gasteiger partial charge < -0.3 is 15.5 Å². The first kappa shape index (κ1) is 23.6. The number of hydrogen-bond acceptors (Lipinski definition) is 5. The number of amides is 3. The van der Waals surface area contributed by atoms with Crippen molar-refractivity contribution in [1.82, 2.24) is 9.88 Å². The van der Waals surface area contributed by atoms with Crippen molar-refractivity contribution in [3.8, 4) is 0 Å². The minimum absolute atomic E-state index is 0.0282. The van der Waals surface area contributed by atoms with Crippen LogP contribution in [-0.4, -0.2) is 40.2 Å². The van der Waals surface area contributed by atoms with Gasteiger partial charge in [0.1, 0.15) is 6.54 Å². The van der Waals surface area contributed by atoms with Crippen molar-refractivity contribution in [2.24, 2.45) is 0 Å². The standard InChI is InChI=1S/C26H28N4O3S/c1-16-4-7-19(8-5-16)25(33)30(22-10-11-22)14-24(32)29-26-28-21(15-34-26)13-23(31)27-20-9-6-17(2)18(3)12-20/h4-9,12,15,22H,10-11,13-14H2,1-3H3,(H,27,31)(H,28,29,32). The second kappa shape index (κ2) is 10.2. The number of aromatic nitrogens is 1. The Hall–Kier alpha value is -3.52. The Labute approximate surface area is 203 Å². The molecule has 2 N–H and O–H groups in total. The van der Waals surface area contributed by atoms with Crippen molar-refractivity contribution in [2.75, 3.05) is 17.2 Å². The van der Waals surface area contributed by atoms with Crippen LogP contribution in [0.25, 0.3) is 0 Å². The third kappa shape index (κ3) is 6.08. The summed E-state index contributed by atoms with van der Waals surface area (Å²) in [6.45, 7) is 5.96. The summed E-state index contributed by atoms with van der Waals surface area (Å²) in [4.78, 5) is 44.0. The summed E-state index contributed by atoms with van der Waals surface area (Å²) in [7, 11) is 0. The zero-order valence-corrected chi connectivity index (χ0v) is 20.4. The molecule has 1 aliphatic carbocycles. The van der Waals surface area contributed by atoms with Gasteiger partial charge in [-0.15, -0.1) is 11.3 Å². The molecule has 8 heteroatoms. The zero-order chi connectivity index (χ0) is 24.2. The van der Waals surface area contributed by atoms with E-state index < -0.39 is 0 Å². The lowest BCUT2D eigenvalue weighted by molar-refractivity contribution is -0.117. The number of aryl methyl sites for hydroxylation is 3. The number of anilines is 2. The van der Waals surface area contributed by atoms with Crippen LogP contribution in [0, 0.1) is 20.8 Å². The Morgan fingerprint density at radius 3 is 2.38 bits per heavy atom. The molecule has 3 aromatic rings. The van der Waals surface area contributed by atoms with Crippen LogP contribution >= 0.6 is 11.3 Å². The molecule has 7 nitrogen and oxygen atoms in total. The normalized spacial score (nSPS) is 12.8. The molecular weight excluding hydrogens is 448 g/mol. The van der Waals surface area contributed by atoms with Crippen molar-refractivity contribution >= 4 is 39.9 Å². The molecule has 0 saturated heterocycles. The van der Waals surface area contributed by atoms with Crippen molar-refractivity contribution in [1.29, 1.82) is 0 Å². The molecule has 3 amide bonds. The molecule has 0 aliphatic heterocycles. The van der Waals surface area contributed by atoms with Crippen molar-refractivity contribution in [2.45, 2.75) is 46.1 Å². The van der Waals surface area contributed by atoms with E-state index in [2.05, 4.69) is 15.6 Å². The van der Waals surface area contributed by atoms with E-state index in [-0.39, 0.29) is 36.7 Å². The molecule has 0 atom stereocenters. The Morgan fingerprint density at radius 1 is 0.971 bits per heavy atom. The average molecular weight is 477 g/mol. The second-order valence-electron chi connectivity index (χ2n) is 8.75. The molecule has 0 bridgehead atoms. The number of thiazole rings is 1. The van der Waals surface area contributed by atoms with E-state index >= 15 is 0 Å². The van der Waals surface area contributed by atoms with Gasteiger partial charge in [0.15, 0.2) is 5.13 Å². The monoisotopic (exact) mass is 476 g/mol. The molecule has 0 unspecified atom stereocenters. The molecule has 0 spiro atoms. The highest BCUT2D eigenvalue weighted by atomic mass is 32.1. The molecule has 1 fully saturated rings. The summed E-state index contributed by atoms with van der Waals surface area (Å²) < 4.78 is 0. The van der Waals surface area contributed by atoms with Gasteiger partial charge >= 0.3 is 0 Å². The van der Waals surface area contributed by atoms with E-state index in [1.165, 1.54) is 16.9 Å². The first-order valence-electron chi connectivity index (χ1n) is 11.3. The van der Waals surface area contributed by atoms with Gasteiger partial charge in [0.2, 0.25) is 11.8 Å². The fraction of sp³-hybridized carbons (Fsp3) is 0.308. The Kier molecular flexibility index (Phi) is 7.07. The lowest BCUT2D eigenvalue weighted by atomic mass is 10.1. The summed E-state index contributed by atoms with van der Waals surface area (Å²) in [5.41, 5.74) is 5.26. The van der Waals surface area contributed by atoms with E-state index in [4.69, 9.17) is 0 Å². The maximum absolute atomic E-state index is 12.9. The predicted molar refractivity (Wildman–Crippen MR) is 134 cm³/mol. The molecule has 0 radical (unpaired) electrons.